The van der Waals surface area contributed by atoms with Gasteiger partial charge in [0.05, 0.1) is 44.5 Å². The van der Waals surface area contributed by atoms with Crippen LogP contribution in [0.4, 0.5) is 0 Å². The lowest BCUT2D eigenvalue weighted by Gasteiger charge is -2.14. The Morgan fingerprint density at radius 3 is 1.05 bits per heavy atom. The lowest BCUT2D eigenvalue weighted by molar-refractivity contribution is 1.16. The van der Waals surface area contributed by atoms with Crippen LogP contribution < -0.4 is 0 Å². The lowest BCUT2D eigenvalue weighted by Crippen LogP contribution is -1.99. The number of hydrogen-bond acceptors (Lipinski definition) is 2. The smallest absolute Gasteiger partial charge is 0.160 e. The topological polar surface area (TPSA) is 40.6 Å². The van der Waals surface area contributed by atoms with Gasteiger partial charge in [-0.2, -0.15) is 0 Å². The second-order valence-corrected chi connectivity index (χ2v) is 20.7. The van der Waals surface area contributed by atoms with E-state index in [2.05, 4.69) is 289 Å². The van der Waals surface area contributed by atoms with Crippen LogP contribution >= 0.6 is 0 Å². The molecule has 4 aromatic heterocycles. The molecule has 15 rings (SSSR count). The molecule has 0 saturated heterocycles. The maximum absolute atomic E-state index is 5.20. The molecule has 0 saturated carbocycles. The minimum Gasteiger partial charge on any atom is -0.309 e. The number of aryl methyl sites for hydroxylation is 3. The van der Waals surface area contributed by atoms with E-state index in [4.69, 9.17) is 9.97 Å². The normalized spacial score (nSPS) is 11.8. The molecule has 0 spiro atoms. The Morgan fingerprint density at radius 2 is 0.590 bits per heavy atom. The van der Waals surface area contributed by atoms with Crippen LogP contribution in [-0.4, -0.2) is 23.7 Å². The highest BCUT2D eigenvalue weighted by molar-refractivity contribution is 6.14. The Morgan fingerprint density at radius 1 is 0.244 bits per heavy atom. The zero-order valence-electron chi connectivity index (χ0n) is 43.5. The van der Waals surface area contributed by atoms with E-state index in [9.17, 15) is 0 Å². The van der Waals surface area contributed by atoms with E-state index in [0.717, 1.165) is 78.7 Å². The van der Waals surface area contributed by atoms with Gasteiger partial charge in [0, 0.05) is 66.1 Å². The fourth-order valence-corrected chi connectivity index (χ4v) is 12.3. The Hall–Kier alpha value is -10.1. The third-order valence-electron chi connectivity index (χ3n) is 16.1. The third-order valence-corrected chi connectivity index (χ3v) is 16.1. The third kappa shape index (κ3) is 7.31. The van der Waals surface area contributed by atoms with Crippen molar-refractivity contribution in [2.24, 2.45) is 0 Å². The molecule has 4 heterocycles. The largest absolute Gasteiger partial charge is 0.309 e. The zero-order valence-corrected chi connectivity index (χ0v) is 43.5. The first-order chi connectivity index (χ1) is 38.4. The predicted molar refractivity (Wildman–Crippen MR) is 326 cm³/mol. The molecule has 0 amide bonds. The molecule has 0 radical (unpaired) electrons. The quantitative estimate of drug-likeness (QED) is 0.152. The summed E-state index contributed by atoms with van der Waals surface area (Å²) in [6.45, 7) is 6.45. The SMILES string of the molecule is Cc1ccccc1-c1cc(-c2ccc(-c3ccc(-c4ccc(-n5c6ccc(-n7c8ccccc8c8ccccc87)cc6c6cc(-n7c8ccccc8c8ccccc87)ccc65)cc4)cc3)cc2C)nc(-c2ccccc2C)n1. The van der Waals surface area contributed by atoms with Crippen molar-refractivity contribution in [3.8, 4) is 73.2 Å². The molecule has 0 unspecified atom stereocenters. The molecule has 0 aliphatic rings. The van der Waals surface area contributed by atoms with E-state index in [-0.39, 0.29) is 0 Å². The van der Waals surface area contributed by atoms with Gasteiger partial charge in [0.2, 0.25) is 0 Å². The number of aromatic nitrogens is 5. The van der Waals surface area contributed by atoms with Crippen molar-refractivity contribution in [1.29, 1.82) is 0 Å². The molecule has 0 bridgehead atoms. The van der Waals surface area contributed by atoms with Crippen LogP contribution in [0.3, 0.4) is 0 Å². The van der Waals surface area contributed by atoms with Crippen LogP contribution in [0.15, 0.2) is 255 Å². The minimum absolute atomic E-state index is 0.737. The predicted octanol–water partition coefficient (Wildman–Crippen LogP) is 19.0. The first kappa shape index (κ1) is 45.3. The van der Waals surface area contributed by atoms with Gasteiger partial charge in [-0.3, -0.25) is 0 Å². The van der Waals surface area contributed by atoms with Crippen molar-refractivity contribution in [3.63, 3.8) is 0 Å². The molecule has 0 N–H and O–H groups in total. The van der Waals surface area contributed by atoms with Crippen molar-refractivity contribution in [1.82, 2.24) is 23.7 Å². The monoisotopic (exact) mass is 997 g/mol. The molecule has 11 aromatic carbocycles. The van der Waals surface area contributed by atoms with Gasteiger partial charge in [-0.25, -0.2) is 9.97 Å². The van der Waals surface area contributed by atoms with Gasteiger partial charge in [-0.05, 0) is 139 Å². The molecule has 5 heteroatoms. The fraction of sp³-hybridized carbons (Fsp3) is 0.0411. The lowest BCUT2D eigenvalue weighted by atomic mass is 9.95. The van der Waals surface area contributed by atoms with Gasteiger partial charge in [0.1, 0.15) is 0 Å². The zero-order chi connectivity index (χ0) is 52.0. The van der Waals surface area contributed by atoms with Gasteiger partial charge in [-0.15, -0.1) is 0 Å². The molecule has 5 nitrogen and oxygen atoms in total. The van der Waals surface area contributed by atoms with Crippen LogP contribution in [0.5, 0.6) is 0 Å². The highest BCUT2D eigenvalue weighted by Crippen LogP contribution is 2.41. The first-order valence-electron chi connectivity index (χ1n) is 26.8. The van der Waals surface area contributed by atoms with Gasteiger partial charge in [-0.1, -0.05) is 176 Å². The molecule has 368 valence electrons. The second kappa shape index (κ2) is 18.0. The number of rotatable bonds is 8. The Bertz CT molecular complexity index is 4530. The highest BCUT2D eigenvalue weighted by Gasteiger charge is 2.20. The maximum Gasteiger partial charge on any atom is 0.160 e. The summed E-state index contributed by atoms with van der Waals surface area (Å²) < 4.78 is 7.28. The van der Waals surface area contributed by atoms with Crippen molar-refractivity contribution < 1.29 is 0 Å². The Balaban J connectivity index is 0.794. The van der Waals surface area contributed by atoms with Crippen LogP contribution in [0.2, 0.25) is 0 Å². The number of benzene rings is 11. The van der Waals surface area contributed by atoms with Crippen LogP contribution in [0.25, 0.3) is 139 Å². The van der Waals surface area contributed by atoms with Crippen molar-refractivity contribution >= 4 is 65.4 Å². The molecular weight excluding hydrogens is 947 g/mol. The van der Waals surface area contributed by atoms with E-state index < -0.39 is 0 Å². The van der Waals surface area contributed by atoms with Crippen LogP contribution in [0, 0.1) is 20.8 Å². The first-order valence-corrected chi connectivity index (χ1v) is 26.8. The summed E-state index contributed by atoms with van der Waals surface area (Å²) in [7, 11) is 0. The minimum atomic E-state index is 0.737. The van der Waals surface area contributed by atoms with Crippen LogP contribution in [0.1, 0.15) is 16.7 Å². The molecule has 0 aliphatic carbocycles. The maximum atomic E-state index is 5.20. The van der Waals surface area contributed by atoms with Gasteiger partial charge in [0.15, 0.2) is 5.82 Å². The molecule has 78 heavy (non-hydrogen) atoms. The van der Waals surface area contributed by atoms with Gasteiger partial charge < -0.3 is 13.7 Å². The number of hydrogen-bond donors (Lipinski definition) is 0. The summed E-state index contributed by atoms with van der Waals surface area (Å²) >= 11 is 0. The molecule has 0 aliphatic heterocycles. The van der Waals surface area contributed by atoms with E-state index in [1.807, 2.05) is 0 Å². The van der Waals surface area contributed by atoms with Gasteiger partial charge in [0.25, 0.3) is 0 Å². The molecule has 0 atom stereocenters. The van der Waals surface area contributed by atoms with E-state index in [0.29, 0.717) is 0 Å². The summed E-state index contributed by atoms with van der Waals surface area (Å²) in [6.07, 6.45) is 0. The highest BCUT2D eigenvalue weighted by atomic mass is 15.0. The average Bonchev–Trinajstić information content (AvgIpc) is 4.30. The van der Waals surface area contributed by atoms with Crippen molar-refractivity contribution in [2.45, 2.75) is 20.8 Å². The summed E-state index contributed by atoms with van der Waals surface area (Å²) in [5.74, 6) is 0.737. The number of nitrogens with zero attached hydrogens (tertiary/aromatic N) is 5. The molecule has 0 fully saturated rings. The molecular formula is C73H51N5. The summed E-state index contributed by atoms with van der Waals surface area (Å²) in [5, 5.41) is 7.41. The van der Waals surface area contributed by atoms with E-state index >= 15 is 0 Å². The van der Waals surface area contributed by atoms with E-state index in [1.165, 1.54) is 76.6 Å². The molecule has 15 aromatic rings. The van der Waals surface area contributed by atoms with Gasteiger partial charge >= 0.3 is 0 Å². The van der Waals surface area contributed by atoms with Crippen molar-refractivity contribution in [3.05, 3.63) is 271 Å². The number of para-hydroxylation sites is 4. The Kier molecular flexibility index (Phi) is 10.5. The van der Waals surface area contributed by atoms with E-state index in [1.54, 1.807) is 0 Å². The number of fused-ring (bicyclic) bond motifs is 9. The average molecular weight is 998 g/mol. The summed E-state index contributed by atoms with van der Waals surface area (Å²) in [6, 6.07) is 92.7. The standard InChI is InChI=1S/C73H51N5/c1-46-16-4-6-18-56(46)65-45-66(75-73(74-65)58-19-7-5-17-47(58)2)57-39-34-52(42-48(57)3)51-30-28-49(29-31-51)50-32-35-53(36-33-50)76-71-40-37-54(77-67-24-12-8-20-59(67)60-21-9-13-25-68(60)77)43-63(71)64-44-55(38-41-72(64)76)78-69-26-14-10-22-61(69)62-23-11-15-27-70(62)78/h4-45H,1-3H3. The summed E-state index contributed by atoms with van der Waals surface area (Å²) in [4.78, 5) is 10.3. The fourth-order valence-electron chi connectivity index (χ4n) is 12.3. The van der Waals surface area contributed by atoms with Crippen LogP contribution in [-0.2, 0) is 0 Å². The van der Waals surface area contributed by atoms with Crippen molar-refractivity contribution in [2.75, 3.05) is 0 Å². The Labute approximate surface area is 452 Å². The second-order valence-electron chi connectivity index (χ2n) is 20.7. The summed E-state index contributed by atoms with van der Waals surface area (Å²) in [5.41, 5.74) is 23.7.